The number of esters is 3. The molecule has 0 bridgehead atoms. The van der Waals surface area contributed by atoms with Gasteiger partial charge in [-0.25, -0.2) is 0 Å². The van der Waals surface area contributed by atoms with E-state index in [0.717, 1.165) is 83.5 Å². The number of carbonyl (C=O) groups excluding carboxylic acids is 3. The monoisotopic (exact) mass is 1080 g/mol. The summed E-state index contributed by atoms with van der Waals surface area (Å²) in [5.41, 5.74) is 0. The summed E-state index contributed by atoms with van der Waals surface area (Å²) < 4.78 is 16.9. The van der Waals surface area contributed by atoms with Crippen LogP contribution in [0.1, 0.15) is 367 Å². The van der Waals surface area contributed by atoms with Crippen LogP contribution in [0.4, 0.5) is 0 Å². The molecule has 0 aliphatic rings. The number of carbonyl (C=O) groups is 3. The minimum atomic E-state index is -0.780. The van der Waals surface area contributed by atoms with Gasteiger partial charge in [-0.1, -0.05) is 320 Å². The molecule has 0 aliphatic heterocycles. The Bertz CT molecular complexity index is 1330. The molecule has 6 heteroatoms. The summed E-state index contributed by atoms with van der Waals surface area (Å²) in [4.78, 5) is 38.3. The maximum absolute atomic E-state index is 12.9. The summed E-state index contributed by atoms with van der Waals surface area (Å²) in [6.07, 6.45) is 82.8. The lowest BCUT2D eigenvalue weighted by Gasteiger charge is -2.18. The van der Waals surface area contributed by atoms with Crippen molar-refractivity contribution >= 4 is 17.9 Å². The van der Waals surface area contributed by atoms with E-state index in [1.165, 1.54) is 244 Å². The molecule has 0 aromatic rings. The van der Waals surface area contributed by atoms with Gasteiger partial charge in [0.25, 0.3) is 0 Å². The summed E-state index contributed by atoms with van der Waals surface area (Å²) >= 11 is 0. The molecule has 0 fully saturated rings. The first-order valence-electron chi connectivity index (χ1n) is 34.1. The van der Waals surface area contributed by atoms with Crippen LogP contribution in [0.2, 0.25) is 0 Å². The third-order valence-corrected chi connectivity index (χ3v) is 15.3. The van der Waals surface area contributed by atoms with Gasteiger partial charge in [0.1, 0.15) is 13.2 Å². The molecule has 0 rings (SSSR count). The highest BCUT2D eigenvalue weighted by Crippen LogP contribution is 2.18. The van der Waals surface area contributed by atoms with Crippen molar-refractivity contribution in [3.63, 3.8) is 0 Å². The van der Waals surface area contributed by atoms with Crippen LogP contribution < -0.4 is 0 Å². The van der Waals surface area contributed by atoms with Crippen molar-refractivity contribution in [2.75, 3.05) is 13.2 Å². The van der Waals surface area contributed by atoms with Crippen molar-refractivity contribution in [3.8, 4) is 0 Å². The van der Waals surface area contributed by atoms with Crippen LogP contribution in [-0.2, 0) is 28.6 Å². The van der Waals surface area contributed by atoms with Gasteiger partial charge in [0.15, 0.2) is 6.10 Å². The second-order valence-electron chi connectivity index (χ2n) is 23.1. The lowest BCUT2D eigenvalue weighted by atomic mass is 10.0. The molecular formula is C71H130O6. The molecule has 0 aliphatic carbocycles. The van der Waals surface area contributed by atoms with E-state index in [9.17, 15) is 14.4 Å². The molecule has 0 N–H and O–H groups in total. The van der Waals surface area contributed by atoms with E-state index < -0.39 is 6.10 Å². The van der Waals surface area contributed by atoms with Crippen molar-refractivity contribution in [2.45, 2.75) is 374 Å². The van der Waals surface area contributed by atoms with Crippen LogP contribution in [-0.4, -0.2) is 37.2 Å². The number of rotatable bonds is 63. The van der Waals surface area contributed by atoms with Gasteiger partial charge in [-0.15, -0.1) is 0 Å². The smallest absolute Gasteiger partial charge is 0.306 e. The average Bonchev–Trinajstić information content (AvgIpc) is 3.43. The highest BCUT2D eigenvalue weighted by atomic mass is 16.6. The van der Waals surface area contributed by atoms with E-state index in [0.29, 0.717) is 19.3 Å². The summed E-state index contributed by atoms with van der Waals surface area (Å²) in [6.45, 7) is 6.64. The van der Waals surface area contributed by atoms with Gasteiger partial charge in [-0.05, 0) is 77.0 Å². The first-order valence-corrected chi connectivity index (χ1v) is 34.1. The fourth-order valence-corrected chi connectivity index (χ4v) is 10.1. The van der Waals surface area contributed by atoms with Crippen LogP contribution in [0.15, 0.2) is 48.6 Å². The Kier molecular flexibility index (Phi) is 63.6. The third-order valence-electron chi connectivity index (χ3n) is 15.3. The second-order valence-corrected chi connectivity index (χ2v) is 23.1. The zero-order valence-corrected chi connectivity index (χ0v) is 51.7. The molecule has 0 aromatic carbocycles. The Hall–Kier alpha value is -2.63. The molecule has 6 nitrogen and oxygen atoms in total. The Morgan fingerprint density at radius 1 is 0.260 bits per heavy atom. The van der Waals surface area contributed by atoms with Crippen molar-refractivity contribution < 1.29 is 28.6 Å². The molecule has 0 saturated carbocycles. The summed E-state index contributed by atoms with van der Waals surface area (Å²) in [6, 6.07) is 0. The fraction of sp³-hybridized carbons (Fsp3) is 0.845. The van der Waals surface area contributed by atoms with E-state index in [1.54, 1.807) is 0 Å². The molecule has 77 heavy (non-hydrogen) atoms. The van der Waals surface area contributed by atoms with Crippen LogP contribution in [0.25, 0.3) is 0 Å². The van der Waals surface area contributed by atoms with E-state index in [4.69, 9.17) is 14.2 Å². The van der Waals surface area contributed by atoms with E-state index in [1.807, 2.05) is 0 Å². The number of allylic oxidation sites excluding steroid dienone is 8. The number of hydrogen-bond donors (Lipinski definition) is 0. The molecule has 0 amide bonds. The Balaban J connectivity index is 4.22. The summed E-state index contributed by atoms with van der Waals surface area (Å²) in [5, 5.41) is 0. The summed E-state index contributed by atoms with van der Waals surface area (Å²) in [5.74, 6) is -0.871. The van der Waals surface area contributed by atoms with Crippen molar-refractivity contribution in [1.29, 1.82) is 0 Å². The van der Waals surface area contributed by atoms with Crippen molar-refractivity contribution in [3.05, 3.63) is 48.6 Å². The van der Waals surface area contributed by atoms with Crippen LogP contribution in [0.5, 0.6) is 0 Å². The van der Waals surface area contributed by atoms with Crippen molar-refractivity contribution in [2.24, 2.45) is 0 Å². The topological polar surface area (TPSA) is 78.9 Å². The quantitative estimate of drug-likeness (QED) is 0.0261. The molecular weight excluding hydrogens is 949 g/mol. The molecule has 0 aromatic heterocycles. The number of unbranched alkanes of at least 4 members (excludes halogenated alkanes) is 44. The highest BCUT2D eigenvalue weighted by molar-refractivity contribution is 5.71. The normalized spacial score (nSPS) is 12.3. The highest BCUT2D eigenvalue weighted by Gasteiger charge is 2.19. The fourth-order valence-electron chi connectivity index (χ4n) is 10.1. The van der Waals surface area contributed by atoms with E-state index in [-0.39, 0.29) is 31.1 Å². The summed E-state index contributed by atoms with van der Waals surface area (Å²) in [7, 11) is 0. The van der Waals surface area contributed by atoms with Crippen LogP contribution >= 0.6 is 0 Å². The third kappa shape index (κ3) is 64.1. The first kappa shape index (κ1) is 74.4. The maximum Gasteiger partial charge on any atom is 0.306 e. The van der Waals surface area contributed by atoms with Crippen molar-refractivity contribution in [1.82, 2.24) is 0 Å². The lowest BCUT2D eigenvalue weighted by Crippen LogP contribution is -2.30. The zero-order chi connectivity index (χ0) is 55.7. The average molecular weight is 1080 g/mol. The largest absolute Gasteiger partial charge is 0.462 e. The van der Waals surface area contributed by atoms with E-state index >= 15 is 0 Å². The molecule has 0 saturated heterocycles. The Morgan fingerprint density at radius 2 is 0.481 bits per heavy atom. The minimum Gasteiger partial charge on any atom is -0.462 e. The van der Waals surface area contributed by atoms with Gasteiger partial charge < -0.3 is 14.2 Å². The predicted molar refractivity (Wildman–Crippen MR) is 335 cm³/mol. The van der Waals surface area contributed by atoms with Crippen LogP contribution in [0.3, 0.4) is 0 Å². The van der Waals surface area contributed by atoms with E-state index in [2.05, 4.69) is 69.4 Å². The van der Waals surface area contributed by atoms with Gasteiger partial charge in [0.2, 0.25) is 0 Å². The van der Waals surface area contributed by atoms with Gasteiger partial charge in [0.05, 0.1) is 0 Å². The zero-order valence-electron chi connectivity index (χ0n) is 51.7. The molecule has 1 atom stereocenters. The van der Waals surface area contributed by atoms with Gasteiger partial charge in [-0.2, -0.15) is 0 Å². The minimum absolute atomic E-state index is 0.0752. The lowest BCUT2D eigenvalue weighted by molar-refractivity contribution is -0.167. The molecule has 450 valence electrons. The molecule has 0 radical (unpaired) electrons. The van der Waals surface area contributed by atoms with Gasteiger partial charge in [-0.3, -0.25) is 14.4 Å². The van der Waals surface area contributed by atoms with Crippen LogP contribution in [0, 0.1) is 0 Å². The first-order chi connectivity index (χ1) is 38.0. The van der Waals surface area contributed by atoms with Gasteiger partial charge >= 0.3 is 17.9 Å². The molecule has 0 spiro atoms. The molecule has 0 heterocycles. The predicted octanol–water partition coefficient (Wildman–Crippen LogP) is 23.3. The number of hydrogen-bond acceptors (Lipinski definition) is 6. The Morgan fingerprint density at radius 3 is 0.779 bits per heavy atom. The second kappa shape index (κ2) is 65.9. The molecule has 1 unspecified atom stereocenters. The Labute approximate surface area is 479 Å². The number of ether oxygens (including phenoxy) is 3. The maximum atomic E-state index is 12.9. The van der Waals surface area contributed by atoms with Gasteiger partial charge in [0, 0.05) is 19.3 Å². The standard InChI is InChI=1S/C71H130O6/c1-4-7-10-13-16-19-22-24-26-28-30-32-34-35-37-38-40-42-44-46-49-52-55-58-61-64-70(73)76-67-68(66-75-69(72)63-60-57-54-51-48-21-18-15-12-9-6-3)77-71(74)65-62-59-56-53-50-47-45-43-41-39-36-33-31-29-27-25-23-20-17-14-11-8-5-2/h15,18,23,25,29,31,36,39,68H,4-14,16-17,19-22,24,26-28,30,32-35,37-38,40-67H2,1-3H3/b18-15-,25-23-,31-29-,39-36-. The SMILES string of the molecule is CCCC/C=C\CCCCCCCC(=O)OCC(COC(=O)CCCCCCCCCCCCCCCCCCCCCCCCCCC)OC(=O)CCCCCCCCCC/C=C\C/C=C\C/C=C\CCCCCCC.